The van der Waals surface area contributed by atoms with Crippen LogP contribution in [0.25, 0.3) is 0 Å². The second-order valence-electron chi connectivity index (χ2n) is 7.91. The molecule has 1 aromatic carbocycles. The quantitative estimate of drug-likeness (QED) is 0.548. The first-order valence-electron chi connectivity index (χ1n) is 8.50. The van der Waals surface area contributed by atoms with Crippen molar-refractivity contribution in [1.29, 1.82) is 0 Å². The summed E-state index contributed by atoms with van der Waals surface area (Å²) in [4.78, 5) is 22.8. The third-order valence-corrected chi connectivity index (χ3v) is 4.88. The Kier molecular flexibility index (Phi) is 5.51. The standard InChI is InChI=1S/C20H29O3/c1-13-11-14(2)18(15(3)12-13)19(21)23-22-17-9-7-16(8-10-17)20(4,5)6/h11-12,16H,7-10H2,1-6H3. The number of hydrogen-bond acceptors (Lipinski definition) is 3. The van der Waals surface area contributed by atoms with Gasteiger partial charge in [-0.1, -0.05) is 38.5 Å². The van der Waals surface area contributed by atoms with Gasteiger partial charge >= 0.3 is 5.97 Å². The molecule has 0 aliphatic heterocycles. The van der Waals surface area contributed by atoms with Gasteiger partial charge in [-0.25, -0.2) is 4.79 Å². The summed E-state index contributed by atoms with van der Waals surface area (Å²) in [6, 6.07) is 3.98. The summed E-state index contributed by atoms with van der Waals surface area (Å²) < 4.78 is 0. The van der Waals surface area contributed by atoms with Gasteiger partial charge in [0, 0.05) is 0 Å². The Bertz CT molecular complexity index is 538. The normalized spacial score (nSPS) is 17.3. The van der Waals surface area contributed by atoms with Gasteiger partial charge in [-0.15, -0.1) is 0 Å². The number of rotatable bonds is 3. The molecule has 0 spiro atoms. The third kappa shape index (κ3) is 4.57. The van der Waals surface area contributed by atoms with Gasteiger partial charge in [0.25, 0.3) is 0 Å². The van der Waals surface area contributed by atoms with Crippen molar-refractivity contribution in [3.05, 3.63) is 40.5 Å². The lowest BCUT2D eigenvalue weighted by Crippen LogP contribution is -2.26. The van der Waals surface area contributed by atoms with E-state index in [-0.39, 0.29) is 0 Å². The highest BCUT2D eigenvalue weighted by Crippen LogP contribution is 2.40. The Morgan fingerprint density at radius 3 is 2.04 bits per heavy atom. The van der Waals surface area contributed by atoms with Crippen LogP contribution < -0.4 is 0 Å². The summed E-state index contributed by atoms with van der Waals surface area (Å²) in [6.45, 7) is 12.7. The topological polar surface area (TPSA) is 35.5 Å². The van der Waals surface area contributed by atoms with E-state index in [4.69, 9.17) is 9.78 Å². The Balaban J connectivity index is 1.89. The zero-order valence-electron chi connectivity index (χ0n) is 15.3. The van der Waals surface area contributed by atoms with E-state index < -0.39 is 5.97 Å². The minimum absolute atomic E-state index is 0.332. The molecule has 0 N–H and O–H groups in total. The van der Waals surface area contributed by atoms with Crippen molar-refractivity contribution < 1.29 is 14.6 Å². The Morgan fingerprint density at radius 1 is 1.04 bits per heavy atom. The van der Waals surface area contributed by atoms with E-state index in [0.717, 1.165) is 48.5 Å². The first-order valence-corrected chi connectivity index (χ1v) is 8.50. The number of benzene rings is 1. The van der Waals surface area contributed by atoms with Crippen LogP contribution >= 0.6 is 0 Å². The van der Waals surface area contributed by atoms with E-state index in [0.29, 0.717) is 16.9 Å². The van der Waals surface area contributed by atoms with E-state index in [9.17, 15) is 4.79 Å². The number of aryl methyl sites for hydroxylation is 3. The SMILES string of the molecule is Cc1cc(C)c(C(=O)OO[C]2CCC(C(C)(C)C)CC2)c(C)c1. The average Bonchev–Trinajstić information content (AvgIpc) is 2.43. The van der Waals surface area contributed by atoms with Crippen LogP contribution in [0.15, 0.2) is 12.1 Å². The maximum absolute atomic E-state index is 12.3. The fourth-order valence-electron chi connectivity index (χ4n) is 3.53. The minimum atomic E-state index is -0.398. The van der Waals surface area contributed by atoms with Gasteiger partial charge in [-0.3, -0.25) is 4.89 Å². The minimum Gasteiger partial charge on any atom is -0.292 e. The highest BCUT2D eigenvalue weighted by Gasteiger charge is 2.31. The van der Waals surface area contributed by atoms with Crippen LogP contribution in [0.3, 0.4) is 0 Å². The molecule has 3 nitrogen and oxygen atoms in total. The van der Waals surface area contributed by atoms with Gasteiger partial charge in [0.2, 0.25) is 0 Å². The molecule has 0 unspecified atom stereocenters. The summed E-state index contributed by atoms with van der Waals surface area (Å²) in [5.41, 5.74) is 3.94. The summed E-state index contributed by atoms with van der Waals surface area (Å²) in [5.74, 6) is 0.303. The van der Waals surface area contributed by atoms with Crippen molar-refractivity contribution in [3.63, 3.8) is 0 Å². The molecule has 1 aromatic rings. The van der Waals surface area contributed by atoms with Crippen LogP contribution in [0.1, 0.15) is 73.5 Å². The van der Waals surface area contributed by atoms with Gasteiger partial charge in [0.05, 0.1) is 5.56 Å². The first-order chi connectivity index (χ1) is 10.7. The summed E-state index contributed by atoms with van der Waals surface area (Å²) in [7, 11) is 0. The molecular formula is C20H29O3. The van der Waals surface area contributed by atoms with Gasteiger partial charge < -0.3 is 0 Å². The predicted octanol–water partition coefficient (Wildman–Crippen LogP) is 5.47. The second-order valence-corrected chi connectivity index (χ2v) is 7.91. The predicted molar refractivity (Wildman–Crippen MR) is 91.8 cm³/mol. The van der Waals surface area contributed by atoms with E-state index in [1.54, 1.807) is 0 Å². The van der Waals surface area contributed by atoms with Gasteiger partial charge in [0.1, 0.15) is 6.10 Å². The van der Waals surface area contributed by atoms with Gasteiger partial charge in [0.15, 0.2) is 0 Å². The fraction of sp³-hybridized carbons (Fsp3) is 0.600. The maximum Gasteiger partial charge on any atom is 0.373 e. The van der Waals surface area contributed by atoms with Crippen molar-refractivity contribution in [2.24, 2.45) is 11.3 Å². The average molecular weight is 317 g/mol. The van der Waals surface area contributed by atoms with Crippen LogP contribution in [0.4, 0.5) is 0 Å². The summed E-state index contributed by atoms with van der Waals surface area (Å²) in [5, 5.41) is 0. The molecule has 1 fully saturated rings. The Labute approximate surface area is 140 Å². The first kappa shape index (κ1) is 18.0. The van der Waals surface area contributed by atoms with Crippen molar-refractivity contribution in [1.82, 2.24) is 0 Å². The summed E-state index contributed by atoms with van der Waals surface area (Å²) >= 11 is 0. The molecule has 0 atom stereocenters. The zero-order chi connectivity index (χ0) is 17.2. The van der Waals surface area contributed by atoms with Gasteiger partial charge in [-0.2, -0.15) is 4.89 Å². The molecule has 23 heavy (non-hydrogen) atoms. The molecule has 0 heterocycles. The molecule has 0 amide bonds. The largest absolute Gasteiger partial charge is 0.373 e. The molecule has 3 heteroatoms. The van der Waals surface area contributed by atoms with Crippen LogP contribution in [-0.2, 0) is 9.78 Å². The van der Waals surface area contributed by atoms with Crippen molar-refractivity contribution >= 4 is 5.97 Å². The van der Waals surface area contributed by atoms with Crippen LogP contribution in [0.2, 0.25) is 0 Å². The van der Waals surface area contributed by atoms with Gasteiger partial charge in [-0.05, 0) is 68.9 Å². The fourth-order valence-corrected chi connectivity index (χ4v) is 3.53. The van der Waals surface area contributed by atoms with Crippen LogP contribution in [-0.4, -0.2) is 5.97 Å². The highest BCUT2D eigenvalue weighted by atomic mass is 17.2. The van der Waals surface area contributed by atoms with E-state index in [1.165, 1.54) is 0 Å². The molecule has 1 saturated carbocycles. The second kappa shape index (κ2) is 7.04. The molecule has 0 bridgehead atoms. The van der Waals surface area contributed by atoms with E-state index in [2.05, 4.69) is 20.8 Å². The summed E-state index contributed by atoms with van der Waals surface area (Å²) in [6.07, 6.45) is 4.83. The van der Waals surface area contributed by atoms with Crippen molar-refractivity contribution in [2.45, 2.75) is 67.2 Å². The molecule has 127 valence electrons. The molecule has 2 rings (SSSR count). The zero-order valence-corrected chi connectivity index (χ0v) is 15.3. The molecular weight excluding hydrogens is 288 g/mol. The van der Waals surface area contributed by atoms with Crippen molar-refractivity contribution in [2.75, 3.05) is 0 Å². The molecule has 1 aliphatic rings. The molecule has 0 saturated heterocycles. The smallest absolute Gasteiger partial charge is 0.292 e. The van der Waals surface area contributed by atoms with E-state index >= 15 is 0 Å². The van der Waals surface area contributed by atoms with Crippen LogP contribution in [0, 0.1) is 38.2 Å². The third-order valence-electron chi connectivity index (χ3n) is 4.88. The molecule has 1 radical (unpaired) electrons. The Morgan fingerprint density at radius 2 is 1.57 bits per heavy atom. The highest BCUT2D eigenvalue weighted by molar-refractivity contribution is 5.92. The number of carbonyl (C=O) groups excluding carboxylic acids is 1. The van der Waals surface area contributed by atoms with E-state index in [1.807, 2.05) is 32.9 Å². The monoisotopic (exact) mass is 317 g/mol. The maximum atomic E-state index is 12.3. The van der Waals surface area contributed by atoms with Crippen molar-refractivity contribution in [3.8, 4) is 0 Å². The van der Waals surface area contributed by atoms with Crippen LogP contribution in [0.5, 0.6) is 0 Å². The Hall–Kier alpha value is -1.35. The lowest BCUT2D eigenvalue weighted by atomic mass is 9.72. The molecule has 1 aliphatic carbocycles. The lowest BCUT2D eigenvalue weighted by molar-refractivity contribution is -0.241. The number of carbonyl (C=O) groups is 1. The number of hydrogen-bond donors (Lipinski definition) is 0. The lowest BCUT2D eigenvalue weighted by Gasteiger charge is -2.35. The molecule has 0 aromatic heterocycles.